The van der Waals surface area contributed by atoms with Gasteiger partial charge in [0.1, 0.15) is 5.69 Å². The molecule has 3 nitrogen and oxygen atoms in total. The highest BCUT2D eigenvalue weighted by atomic mass is 14.7. The van der Waals surface area contributed by atoms with Gasteiger partial charge in [-0.25, -0.2) is 4.98 Å². The van der Waals surface area contributed by atoms with Crippen LogP contribution in [0.1, 0.15) is 12.1 Å². The lowest BCUT2D eigenvalue weighted by molar-refractivity contribution is 1.29. The third kappa shape index (κ3) is 2.00. The van der Waals surface area contributed by atoms with Gasteiger partial charge in [0, 0.05) is 6.20 Å². The fourth-order valence-corrected chi connectivity index (χ4v) is 0.690. The molecule has 0 unspecified atom stereocenters. The number of hydrogen-bond acceptors (Lipinski definition) is 3. The van der Waals surface area contributed by atoms with Crippen molar-refractivity contribution < 1.29 is 0 Å². The van der Waals surface area contributed by atoms with Gasteiger partial charge in [0.25, 0.3) is 0 Å². The number of nitrogens with two attached hydrogens (primary N) is 1. The Kier molecular flexibility index (Phi) is 2.70. The average molecular weight is 157 g/mol. The number of anilines is 1. The van der Waals surface area contributed by atoms with Crippen LogP contribution in [0.15, 0.2) is 18.3 Å². The molecule has 0 saturated carbocycles. The largest absolute Gasteiger partial charge is 0.396 e. The van der Waals surface area contributed by atoms with Gasteiger partial charge in [-0.05, 0) is 18.1 Å². The van der Waals surface area contributed by atoms with Crippen molar-refractivity contribution in [1.29, 1.82) is 5.26 Å². The van der Waals surface area contributed by atoms with Gasteiger partial charge in [-0.15, -0.1) is 0 Å². The Hall–Kier alpha value is -2.00. The van der Waals surface area contributed by atoms with E-state index in [2.05, 4.69) is 16.8 Å². The lowest BCUT2D eigenvalue weighted by Gasteiger charge is -1.92. The minimum atomic E-state index is 0.204. The van der Waals surface area contributed by atoms with Crippen LogP contribution in [0.5, 0.6) is 0 Å². The van der Waals surface area contributed by atoms with Crippen molar-refractivity contribution in [3.63, 3.8) is 0 Å². The van der Waals surface area contributed by atoms with E-state index in [1.165, 1.54) is 0 Å². The van der Waals surface area contributed by atoms with Crippen LogP contribution in [0.2, 0.25) is 0 Å². The number of aromatic nitrogens is 1. The van der Waals surface area contributed by atoms with Gasteiger partial charge < -0.3 is 5.73 Å². The molecule has 0 aromatic carbocycles. The summed E-state index contributed by atoms with van der Waals surface area (Å²) in [5.74, 6) is 5.34. The zero-order valence-electron chi connectivity index (χ0n) is 6.41. The molecule has 1 aromatic heterocycles. The average Bonchev–Trinajstić information content (AvgIpc) is 2.09. The maximum Gasteiger partial charge on any atom is 0.136 e. The van der Waals surface area contributed by atoms with E-state index < -0.39 is 0 Å². The van der Waals surface area contributed by atoms with E-state index in [1.807, 2.05) is 6.07 Å². The Balaban J connectivity index is 2.86. The fraction of sp³-hybridized carbons (Fsp3) is 0.111. The van der Waals surface area contributed by atoms with Crippen LogP contribution < -0.4 is 5.73 Å². The second-order valence-corrected chi connectivity index (χ2v) is 2.08. The summed E-state index contributed by atoms with van der Waals surface area (Å²) in [6.07, 6.45) is 1.82. The van der Waals surface area contributed by atoms with E-state index in [-0.39, 0.29) is 6.42 Å². The second kappa shape index (κ2) is 4.00. The summed E-state index contributed by atoms with van der Waals surface area (Å²) >= 11 is 0. The van der Waals surface area contributed by atoms with Crippen LogP contribution in [0, 0.1) is 23.2 Å². The van der Waals surface area contributed by atoms with E-state index in [0.717, 1.165) is 0 Å². The summed E-state index contributed by atoms with van der Waals surface area (Å²) in [5, 5.41) is 8.21. The van der Waals surface area contributed by atoms with Gasteiger partial charge in [0.15, 0.2) is 0 Å². The zero-order valence-corrected chi connectivity index (χ0v) is 6.41. The summed E-state index contributed by atoms with van der Waals surface area (Å²) in [6.45, 7) is 0. The summed E-state index contributed by atoms with van der Waals surface area (Å²) in [4.78, 5) is 3.94. The van der Waals surface area contributed by atoms with Crippen molar-refractivity contribution in [2.75, 3.05) is 5.73 Å². The molecule has 0 saturated heterocycles. The molecule has 12 heavy (non-hydrogen) atoms. The van der Waals surface area contributed by atoms with Crippen molar-refractivity contribution >= 4 is 5.69 Å². The van der Waals surface area contributed by atoms with Gasteiger partial charge >= 0.3 is 0 Å². The second-order valence-electron chi connectivity index (χ2n) is 2.08. The van der Waals surface area contributed by atoms with Crippen molar-refractivity contribution in [3.05, 3.63) is 24.0 Å². The highest BCUT2D eigenvalue weighted by Crippen LogP contribution is 2.03. The molecular weight excluding hydrogens is 150 g/mol. The Morgan fingerprint density at radius 3 is 3.08 bits per heavy atom. The molecule has 0 amide bonds. The standard InChI is InChI=1S/C9H7N3/c10-6-2-1-5-9-8(11)4-3-7-12-9/h3-4,7H,2,11H2. The topological polar surface area (TPSA) is 62.7 Å². The Labute approximate surface area is 70.8 Å². The lowest BCUT2D eigenvalue weighted by atomic mass is 10.3. The third-order valence-electron chi connectivity index (χ3n) is 1.21. The van der Waals surface area contributed by atoms with E-state index >= 15 is 0 Å². The summed E-state index contributed by atoms with van der Waals surface area (Å²) in [7, 11) is 0. The third-order valence-corrected chi connectivity index (χ3v) is 1.21. The van der Waals surface area contributed by atoms with Crippen LogP contribution in [0.4, 0.5) is 5.69 Å². The maximum absolute atomic E-state index is 8.21. The Morgan fingerprint density at radius 2 is 2.42 bits per heavy atom. The SMILES string of the molecule is N#CCC#Cc1ncccc1N. The molecule has 58 valence electrons. The van der Waals surface area contributed by atoms with Gasteiger partial charge in [-0.1, -0.05) is 5.92 Å². The molecule has 0 bridgehead atoms. The maximum atomic E-state index is 8.21. The monoisotopic (exact) mass is 157 g/mol. The first-order valence-corrected chi connectivity index (χ1v) is 3.41. The number of nitrogen functional groups attached to an aromatic ring is 1. The molecule has 1 aromatic rings. The molecule has 0 atom stereocenters. The highest BCUT2D eigenvalue weighted by Gasteiger charge is 1.91. The molecule has 1 heterocycles. The molecule has 1 rings (SSSR count). The molecule has 0 radical (unpaired) electrons. The molecule has 0 spiro atoms. The van der Waals surface area contributed by atoms with Gasteiger partial charge in [-0.3, -0.25) is 0 Å². The fourth-order valence-electron chi connectivity index (χ4n) is 0.690. The van der Waals surface area contributed by atoms with Crippen LogP contribution in [0.3, 0.4) is 0 Å². The number of nitrogens with zero attached hydrogens (tertiary/aromatic N) is 2. The number of pyridine rings is 1. The lowest BCUT2D eigenvalue weighted by Crippen LogP contribution is -1.91. The van der Waals surface area contributed by atoms with E-state index in [1.54, 1.807) is 18.3 Å². The quantitative estimate of drug-likeness (QED) is 0.570. The normalized spacial score (nSPS) is 7.92. The van der Waals surface area contributed by atoms with Gasteiger partial charge in [0.2, 0.25) is 0 Å². The van der Waals surface area contributed by atoms with Gasteiger partial charge in [-0.2, -0.15) is 5.26 Å². The minimum Gasteiger partial charge on any atom is -0.396 e. The van der Waals surface area contributed by atoms with Crippen LogP contribution >= 0.6 is 0 Å². The van der Waals surface area contributed by atoms with Crippen molar-refractivity contribution in [2.45, 2.75) is 6.42 Å². The highest BCUT2D eigenvalue weighted by molar-refractivity contribution is 5.51. The number of nitriles is 1. The molecule has 2 N–H and O–H groups in total. The number of hydrogen-bond donors (Lipinski definition) is 1. The molecular formula is C9H7N3. The minimum absolute atomic E-state index is 0.204. The molecule has 3 heteroatoms. The van der Waals surface area contributed by atoms with Crippen LogP contribution in [-0.4, -0.2) is 4.98 Å². The smallest absolute Gasteiger partial charge is 0.136 e. The first-order valence-electron chi connectivity index (χ1n) is 3.41. The predicted molar refractivity (Wildman–Crippen MR) is 45.8 cm³/mol. The first-order chi connectivity index (χ1) is 5.84. The Bertz CT molecular complexity index is 365. The molecule has 0 aliphatic rings. The Morgan fingerprint density at radius 1 is 1.58 bits per heavy atom. The van der Waals surface area contributed by atoms with Crippen molar-refractivity contribution in [2.24, 2.45) is 0 Å². The van der Waals surface area contributed by atoms with E-state index in [0.29, 0.717) is 11.4 Å². The zero-order chi connectivity index (χ0) is 8.81. The molecule has 0 aliphatic carbocycles. The summed E-state index contributed by atoms with van der Waals surface area (Å²) in [6, 6.07) is 5.38. The summed E-state index contributed by atoms with van der Waals surface area (Å²) < 4.78 is 0. The van der Waals surface area contributed by atoms with Crippen molar-refractivity contribution in [1.82, 2.24) is 4.98 Å². The van der Waals surface area contributed by atoms with Gasteiger partial charge in [0.05, 0.1) is 18.2 Å². The predicted octanol–water partition coefficient (Wildman–Crippen LogP) is 0.929. The van der Waals surface area contributed by atoms with E-state index in [4.69, 9.17) is 11.0 Å². The van der Waals surface area contributed by atoms with Crippen molar-refractivity contribution in [3.8, 4) is 17.9 Å². The first kappa shape index (κ1) is 8.10. The van der Waals surface area contributed by atoms with Crippen LogP contribution in [-0.2, 0) is 0 Å². The number of rotatable bonds is 0. The van der Waals surface area contributed by atoms with Crippen LogP contribution in [0.25, 0.3) is 0 Å². The molecule has 0 aliphatic heterocycles. The summed E-state index contributed by atoms with van der Waals surface area (Å²) in [5.41, 5.74) is 6.63. The molecule has 0 fully saturated rings. The van der Waals surface area contributed by atoms with E-state index in [9.17, 15) is 0 Å².